The predicted octanol–water partition coefficient (Wildman–Crippen LogP) is 1.88. The number of carbonyl (C=O) groups is 1. The predicted molar refractivity (Wildman–Crippen MR) is 60.6 cm³/mol. The van der Waals surface area contributed by atoms with E-state index in [9.17, 15) is 4.79 Å². The van der Waals surface area contributed by atoms with Gasteiger partial charge in [-0.3, -0.25) is 4.79 Å². The summed E-state index contributed by atoms with van der Waals surface area (Å²) < 4.78 is 5.70. The van der Waals surface area contributed by atoms with E-state index in [0.29, 0.717) is 5.92 Å². The van der Waals surface area contributed by atoms with Gasteiger partial charge in [-0.2, -0.15) is 0 Å². The molecule has 15 heavy (non-hydrogen) atoms. The molecule has 1 amide bonds. The summed E-state index contributed by atoms with van der Waals surface area (Å²) in [7, 11) is 0. The average Bonchev–Trinajstić information content (AvgIpc) is 2.20. The van der Waals surface area contributed by atoms with Crippen LogP contribution in [-0.2, 0) is 9.53 Å². The molecule has 3 heteroatoms. The van der Waals surface area contributed by atoms with Crippen LogP contribution in [0, 0.1) is 5.92 Å². The Labute approximate surface area is 91.9 Å². The molecule has 0 aromatic heterocycles. The number of rotatable bonds is 4. The standard InChI is InChI=1S/C12H21NO2/c1-4-12(14)13-10-6-5-7-15-11(10)8-9(2)3/h4,9-11H,1,5-8H2,2-3H3,(H,13,14). The summed E-state index contributed by atoms with van der Waals surface area (Å²) in [5.41, 5.74) is 0. The molecule has 0 bridgehead atoms. The third kappa shape index (κ3) is 4.04. The van der Waals surface area contributed by atoms with E-state index < -0.39 is 0 Å². The number of ether oxygens (including phenoxy) is 1. The van der Waals surface area contributed by atoms with Crippen LogP contribution in [0.4, 0.5) is 0 Å². The van der Waals surface area contributed by atoms with Crippen LogP contribution in [0.3, 0.4) is 0 Å². The second-order valence-electron chi connectivity index (χ2n) is 4.50. The lowest BCUT2D eigenvalue weighted by Gasteiger charge is -2.33. The van der Waals surface area contributed by atoms with Crippen molar-refractivity contribution in [2.45, 2.75) is 45.3 Å². The van der Waals surface area contributed by atoms with Crippen molar-refractivity contribution in [3.63, 3.8) is 0 Å². The van der Waals surface area contributed by atoms with E-state index in [4.69, 9.17) is 4.74 Å². The van der Waals surface area contributed by atoms with E-state index in [1.165, 1.54) is 6.08 Å². The van der Waals surface area contributed by atoms with Gasteiger partial charge >= 0.3 is 0 Å². The smallest absolute Gasteiger partial charge is 0.243 e. The molecular weight excluding hydrogens is 190 g/mol. The van der Waals surface area contributed by atoms with Gasteiger partial charge in [0, 0.05) is 6.61 Å². The van der Waals surface area contributed by atoms with Crippen molar-refractivity contribution in [1.82, 2.24) is 5.32 Å². The van der Waals surface area contributed by atoms with Crippen LogP contribution in [0.1, 0.15) is 33.1 Å². The molecule has 0 radical (unpaired) electrons. The zero-order valence-electron chi connectivity index (χ0n) is 9.66. The molecule has 0 aromatic rings. The van der Waals surface area contributed by atoms with Gasteiger partial charge in [0.05, 0.1) is 12.1 Å². The SMILES string of the molecule is C=CC(=O)NC1CCCOC1CC(C)C. The van der Waals surface area contributed by atoms with Gasteiger partial charge in [0.25, 0.3) is 0 Å². The monoisotopic (exact) mass is 211 g/mol. The highest BCUT2D eigenvalue weighted by Gasteiger charge is 2.27. The average molecular weight is 211 g/mol. The third-order valence-electron chi connectivity index (χ3n) is 2.66. The van der Waals surface area contributed by atoms with Crippen LogP contribution >= 0.6 is 0 Å². The first kappa shape index (κ1) is 12.2. The quantitative estimate of drug-likeness (QED) is 0.721. The molecule has 1 heterocycles. The minimum absolute atomic E-state index is 0.0979. The van der Waals surface area contributed by atoms with Gasteiger partial charge in [-0.1, -0.05) is 20.4 Å². The van der Waals surface area contributed by atoms with E-state index >= 15 is 0 Å². The Morgan fingerprint density at radius 3 is 3.00 bits per heavy atom. The van der Waals surface area contributed by atoms with Crippen LogP contribution < -0.4 is 5.32 Å². The van der Waals surface area contributed by atoms with Crippen molar-refractivity contribution in [3.8, 4) is 0 Å². The highest BCUT2D eigenvalue weighted by Crippen LogP contribution is 2.20. The van der Waals surface area contributed by atoms with Crippen LogP contribution in [0.25, 0.3) is 0 Å². The van der Waals surface area contributed by atoms with E-state index in [-0.39, 0.29) is 18.1 Å². The third-order valence-corrected chi connectivity index (χ3v) is 2.66. The number of hydrogen-bond acceptors (Lipinski definition) is 2. The van der Waals surface area contributed by atoms with Crippen molar-refractivity contribution in [3.05, 3.63) is 12.7 Å². The Kier molecular flexibility index (Phi) is 4.82. The van der Waals surface area contributed by atoms with Crippen molar-refractivity contribution >= 4 is 5.91 Å². The van der Waals surface area contributed by atoms with Crippen molar-refractivity contribution < 1.29 is 9.53 Å². The Hall–Kier alpha value is -0.830. The first-order chi connectivity index (χ1) is 7.13. The molecule has 0 saturated carbocycles. The number of carbonyl (C=O) groups excluding carboxylic acids is 1. The molecule has 2 atom stereocenters. The Balaban J connectivity index is 2.49. The largest absolute Gasteiger partial charge is 0.376 e. The van der Waals surface area contributed by atoms with E-state index in [1.807, 2.05) is 0 Å². The molecule has 1 rings (SSSR count). The number of amides is 1. The highest BCUT2D eigenvalue weighted by atomic mass is 16.5. The lowest BCUT2D eigenvalue weighted by molar-refractivity contribution is -0.119. The molecule has 1 saturated heterocycles. The van der Waals surface area contributed by atoms with Gasteiger partial charge < -0.3 is 10.1 Å². The van der Waals surface area contributed by atoms with Crippen LogP contribution in [-0.4, -0.2) is 24.7 Å². The maximum absolute atomic E-state index is 11.2. The lowest BCUT2D eigenvalue weighted by atomic mass is 9.95. The number of nitrogens with one attached hydrogen (secondary N) is 1. The number of hydrogen-bond donors (Lipinski definition) is 1. The summed E-state index contributed by atoms with van der Waals surface area (Å²) in [6.45, 7) is 8.62. The van der Waals surface area contributed by atoms with E-state index in [0.717, 1.165) is 25.9 Å². The fraction of sp³-hybridized carbons (Fsp3) is 0.750. The molecule has 3 nitrogen and oxygen atoms in total. The van der Waals surface area contributed by atoms with Crippen molar-refractivity contribution in [2.75, 3.05) is 6.61 Å². The summed E-state index contributed by atoms with van der Waals surface area (Å²) in [5, 5.41) is 2.94. The fourth-order valence-electron chi connectivity index (χ4n) is 1.94. The second kappa shape index (κ2) is 5.91. The van der Waals surface area contributed by atoms with Gasteiger partial charge in [0.2, 0.25) is 5.91 Å². The van der Waals surface area contributed by atoms with Gasteiger partial charge in [-0.25, -0.2) is 0 Å². The molecule has 0 aliphatic carbocycles. The summed E-state index contributed by atoms with van der Waals surface area (Å²) in [4.78, 5) is 11.2. The van der Waals surface area contributed by atoms with Crippen molar-refractivity contribution in [1.29, 1.82) is 0 Å². The molecule has 0 aromatic carbocycles. The van der Waals surface area contributed by atoms with Gasteiger partial charge in [-0.15, -0.1) is 0 Å². The molecule has 2 unspecified atom stereocenters. The Morgan fingerprint density at radius 1 is 1.67 bits per heavy atom. The molecule has 1 aliphatic heterocycles. The zero-order valence-corrected chi connectivity index (χ0v) is 9.66. The second-order valence-corrected chi connectivity index (χ2v) is 4.50. The molecule has 1 fully saturated rings. The minimum Gasteiger partial charge on any atom is -0.376 e. The molecule has 86 valence electrons. The Morgan fingerprint density at radius 2 is 2.40 bits per heavy atom. The fourth-order valence-corrected chi connectivity index (χ4v) is 1.94. The van der Waals surface area contributed by atoms with Gasteiger partial charge in [0.1, 0.15) is 0 Å². The molecule has 1 aliphatic rings. The summed E-state index contributed by atoms with van der Waals surface area (Å²) in [5.74, 6) is 0.496. The zero-order chi connectivity index (χ0) is 11.3. The summed E-state index contributed by atoms with van der Waals surface area (Å²) >= 11 is 0. The molecular formula is C12H21NO2. The highest BCUT2D eigenvalue weighted by molar-refractivity contribution is 5.87. The van der Waals surface area contributed by atoms with E-state index in [1.54, 1.807) is 0 Å². The van der Waals surface area contributed by atoms with Crippen LogP contribution in [0.5, 0.6) is 0 Å². The van der Waals surface area contributed by atoms with E-state index in [2.05, 4.69) is 25.7 Å². The van der Waals surface area contributed by atoms with Crippen LogP contribution in [0.2, 0.25) is 0 Å². The maximum Gasteiger partial charge on any atom is 0.243 e. The molecule has 0 spiro atoms. The minimum atomic E-state index is -0.0979. The first-order valence-corrected chi connectivity index (χ1v) is 5.68. The van der Waals surface area contributed by atoms with Gasteiger partial charge in [-0.05, 0) is 31.3 Å². The summed E-state index contributed by atoms with van der Waals surface area (Å²) in [6.07, 6.45) is 4.53. The topological polar surface area (TPSA) is 38.3 Å². The molecule has 1 N–H and O–H groups in total. The summed E-state index contributed by atoms with van der Waals surface area (Å²) in [6, 6.07) is 0.159. The lowest BCUT2D eigenvalue weighted by Crippen LogP contribution is -2.47. The normalized spacial score (nSPS) is 26.3. The Bertz CT molecular complexity index is 226. The van der Waals surface area contributed by atoms with Crippen molar-refractivity contribution in [2.24, 2.45) is 5.92 Å². The van der Waals surface area contributed by atoms with Crippen LogP contribution in [0.15, 0.2) is 12.7 Å². The maximum atomic E-state index is 11.2. The first-order valence-electron chi connectivity index (χ1n) is 5.68. The van der Waals surface area contributed by atoms with Gasteiger partial charge in [0.15, 0.2) is 0 Å².